The van der Waals surface area contributed by atoms with Gasteiger partial charge in [0.1, 0.15) is 11.5 Å². The zero-order chi connectivity index (χ0) is 27.1. The van der Waals surface area contributed by atoms with E-state index in [0.717, 1.165) is 22.9 Å². The number of amides is 2. The highest BCUT2D eigenvalue weighted by atomic mass is 35.5. The molecule has 0 aliphatic carbocycles. The number of nitriles is 1. The maximum absolute atomic E-state index is 14.0. The van der Waals surface area contributed by atoms with Crippen LogP contribution in [0, 0.1) is 24.1 Å². The van der Waals surface area contributed by atoms with Crippen molar-refractivity contribution in [1.82, 2.24) is 14.8 Å². The Morgan fingerprint density at radius 1 is 1.22 bits per heavy atom. The molecule has 2 aromatic heterocycles. The van der Waals surface area contributed by atoms with E-state index in [1.807, 2.05) is 6.07 Å². The predicted molar refractivity (Wildman–Crippen MR) is 125 cm³/mol. The Balaban J connectivity index is 1.80. The Labute approximate surface area is 211 Å². The number of hydrogen-bond acceptors (Lipinski definition) is 5. The second-order valence-electron chi connectivity index (χ2n) is 7.93. The van der Waals surface area contributed by atoms with Crippen LogP contribution in [0.3, 0.4) is 0 Å². The van der Waals surface area contributed by atoms with Gasteiger partial charge in [0.25, 0.3) is 11.8 Å². The number of anilines is 1. The number of hydrogen-bond donors (Lipinski definition) is 2. The first-order valence-electron chi connectivity index (χ1n) is 10.4. The normalized spacial score (nSPS) is 11.4. The van der Waals surface area contributed by atoms with E-state index in [1.165, 1.54) is 13.0 Å². The summed E-state index contributed by atoms with van der Waals surface area (Å²) in [6, 6.07) is 11.1. The summed E-state index contributed by atoms with van der Waals surface area (Å²) in [5.74, 6) is -2.98. The summed E-state index contributed by atoms with van der Waals surface area (Å²) in [5.41, 5.74) is 3.24. The standard InChI is InChI=1S/C24H15ClF4N6O2/c1-11-20(21(24(27,28)29)34-35(11)10-13-4-2-3-12(5-13)9-30)33-23(37)15-7-19(22(31)36)32-18-8-17(26)16(25)6-14(15)18/h2-8H,10H2,1H3,(H2,31,36)(H,33,37). The monoisotopic (exact) mass is 530 g/mol. The van der Waals surface area contributed by atoms with E-state index in [0.29, 0.717) is 11.1 Å². The van der Waals surface area contributed by atoms with Crippen molar-refractivity contribution < 1.29 is 27.2 Å². The fourth-order valence-corrected chi connectivity index (χ4v) is 3.84. The number of alkyl halides is 3. The van der Waals surface area contributed by atoms with Gasteiger partial charge in [-0.05, 0) is 36.8 Å². The van der Waals surface area contributed by atoms with Gasteiger partial charge < -0.3 is 11.1 Å². The molecule has 0 fully saturated rings. The number of benzene rings is 2. The number of carbonyl (C=O) groups excluding carboxylic acids is 2. The molecular weight excluding hydrogens is 516 g/mol. The molecule has 0 atom stereocenters. The van der Waals surface area contributed by atoms with Crippen molar-refractivity contribution in [3.8, 4) is 6.07 Å². The molecule has 13 heteroatoms. The number of halogens is 5. The molecule has 37 heavy (non-hydrogen) atoms. The van der Waals surface area contributed by atoms with Crippen molar-refractivity contribution in [3.63, 3.8) is 0 Å². The lowest BCUT2D eigenvalue weighted by Gasteiger charge is -2.12. The first-order chi connectivity index (χ1) is 17.4. The van der Waals surface area contributed by atoms with Gasteiger partial charge in [-0.1, -0.05) is 23.7 Å². The molecule has 0 radical (unpaired) electrons. The topological polar surface area (TPSA) is 127 Å². The van der Waals surface area contributed by atoms with Crippen molar-refractivity contribution in [1.29, 1.82) is 5.26 Å². The summed E-state index contributed by atoms with van der Waals surface area (Å²) in [5, 5.41) is 14.6. The molecule has 2 amide bonds. The maximum atomic E-state index is 14.0. The summed E-state index contributed by atoms with van der Waals surface area (Å²) in [6.45, 7) is 1.22. The smallest absolute Gasteiger partial charge is 0.364 e. The first kappa shape index (κ1) is 25.6. The molecule has 0 bridgehead atoms. The van der Waals surface area contributed by atoms with E-state index in [4.69, 9.17) is 22.6 Å². The van der Waals surface area contributed by atoms with E-state index >= 15 is 0 Å². The van der Waals surface area contributed by atoms with Gasteiger partial charge in [0.05, 0.1) is 45.7 Å². The lowest BCUT2D eigenvalue weighted by molar-refractivity contribution is -0.140. The zero-order valence-electron chi connectivity index (χ0n) is 18.8. The van der Waals surface area contributed by atoms with Crippen LogP contribution in [0.1, 0.15) is 43.4 Å². The van der Waals surface area contributed by atoms with Crippen LogP contribution < -0.4 is 11.1 Å². The average Bonchev–Trinajstić information content (AvgIpc) is 3.14. The summed E-state index contributed by atoms with van der Waals surface area (Å²) in [6.07, 6.45) is -4.93. The molecular formula is C24H15ClF4N6O2. The molecule has 0 spiro atoms. The SMILES string of the molecule is Cc1c(NC(=O)c2cc(C(N)=O)nc3cc(F)c(Cl)cc23)c(C(F)(F)F)nn1Cc1cccc(C#N)c1. The van der Waals surface area contributed by atoms with Gasteiger partial charge in [-0.3, -0.25) is 14.3 Å². The Morgan fingerprint density at radius 2 is 1.95 bits per heavy atom. The third-order valence-corrected chi connectivity index (χ3v) is 5.74. The third-order valence-electron chi connectivity index (χ3n) is 5.45. The van der Waals surface area contributed by atoms with Crippen LogP contribution in [0.15, 0.2) is 42.5 Å². The van der Waals surface area contributed by atoms with Crippen LogP contribution in [-0.2, 0) is 12.7 Å². The number of nitrogens with one attached hydrogen (secondary N) is 1. The second-order valence-corrected chi connectivity index (χ2v) is 8.34. The van der Waals surface area contributed by atoms with Gasteiger partial charge in [0, 0.05) is 11.5 Å². The number of carbonyl (C=O) groups is 2. The Kier molecular flexibility index (Phi) is 6.58. The average molecular weight is 531 g/mol. The fraction of sp³-hybridized carbons (Fsp3) is 0.125. The molecule has 188 valence electrons. The molecule has 0 aliphatic heterocycles. The van der Waals surface area contributed by atoms with Crippen molar-refractivity contribution >= 4 is 40.0 Å². The second kappa shape index (κ2) is 9.51. The third kappa shape index (κ3) is 5.07. The van der Waals surface area contributed by atoms with Crippen LogP contribution in [0.2, 0.25) is 5.02 Å². The molecule has 4 rings (SSSR count). The minimum Gasteiger partial charge on any atom is -0.364 e. The number of nitrogens with two attached hydrogens (primary N) is 1. The molecule has 0 aliphatic rings. The predicted octanol–water partition coefficient (Wildman–Crippen LogP) is 4.82. The van der Waals surface area contributed by atoms with Crippen LogP contribution in [0.5, 0.6) is 0 Å². The molecule has 0 unspecified atom stereocenters. The highest BCUT2D eigenvalue weighted by Crippen LogP contribution is 2.37. The molecule has 8 nitrogen and oxygen atoms in total. The zero-order valence-corrected chi connectivity index (χ0v) is 19.6. The first-order valence-corrected chi connectivity index (χ1v) is 10.8. The molecule has 3 N–H and O–H groups in total. The van der Waals surface area contributed by atoms with Gasteiger partial charge in [-0.15, -0.1) is 0 Å². The summed E-state index contributed by atoms with van der Waals surface area (Å²) in [7, 11) is 0. The summed E-state index contributed by atoms with van der Waals surface area (Å²) >= 11 is 5.83. The lowest BCUT2D eigenvalue weighted by Crippen LogP contribution is -2.19. The summed E-state index contributed by atoms with van der Waals surface area (Å²) in [4.78, 5) is 28.8. The lowest BCUT2D eigenvalue weighted by atomic mass is 10.1. The van der Waals surface area contributed by atoms with Gasteiger partial charge in [0.15, 0.2) is 5.69 Å². The molecule has 2 heterocycles. The highest BCUT2D eigenvalue weighted by Gasteiger charge is 2.39. The fourth-order valence-electron chi connectivity index (χ4n) is 3.68. The van der Waals surface area contributed by atoms with E-state index in [-0.39, 0.29) is 33.7 Å². The van der Waals surface area contributed by atoms with Gasteiger partial charge in [-0.25, -0.2) is 9.37 Å². The van der Waals surface area contributed by atoms with Crippen molar-refractivity contribution in [3.05, 3.63) is 87.1 Å². The molecule has 0 saturated carbocycles. The molecule has 4 aromatic rings. The molecule has 2 aromatic carbocycles. The van der Waals surface area contributed by atoms with Gasteiger partial charge in [0.2, 0.25) is 0 Å². The largest absolute Gasteiger partial charge is 0.437 e. The van der Waals surface area contributed by atoms with Gasteiger partial charge in [-0.2, -0.15) is 23.5 Å². The number of aromatic nitrogens is 3. The van der Waals surface area contributed by atoms with E-state index in [1.54, 1.807) is 18.2 Å². The number of pyridine rings is 1. The van der Waals surface area contributed by atoms with Crippen LogP contribution in [0.4, 0.5) is 23.2 Å². The minimum atomic E-state index is -4.93. The van der Waals surface area contributed by atoms with E-state index < -0.39 is 40.9 Å². The highest BCUT2D eigenvalue weighted by molar-refractivity contribution is 6.31. The number of rotatable bonds is 5. The van der Waals surface area contributed by atoms with Crippen LogP contribution in [-0.4, -0.2) is 26.6 Å². The summed E-state index contributed by atoms with van der Waals surface area (Å²) < 4.78 is 56.6. The van der Waals surface area contributed by atoms with Crippen LogP contribution >= 0.6 is 11.6 Å². The van der Waals surface area contributed by atoms with E-state index in [2.05, 4.69) is 15.4 Å². The Morgan fingerprint density at radius 3 is 2.59 bits per heavy atom. The van der Waals surface area contributed by atoms with Crippen molar-refractivity contribution in [2.24, 2.45) is 5.73 Å². The van der Waals surface area contributed by atoms with Gasteiger partial charge >= 0.3 is 6.18 Å². The maximum Gasteiger partial charge on any atom is 0.437 e. The quantitative estimate of drug-likeness (QED) is 0.358. The Hall–Kier alpha value is -4.50. The number of primary amides is 1. The van der Waals surface area contributed by atoms with Crippen molar-refractivity contribution in [2.45, 2.75) is 19.6 Å². The Bertz CT molecular complexity index is 1620. The van der Waals surface area contributed by atoms with Crippen LogP contribution in [0.25, 0.3) is 10.9 Å². The van der Waals surface area contributed by atoms with E-state index in [9.17, 15) is 27.2 Å². The number of nitrogens with zero attached hydrogens (tertiary/aromatic N) is 4. The molecule has 0 saturated heterocycles. The number of fused-ring (bicyclic) bond motifs is 1. The minimum absolute atomic E-state index is 0.0131. The van der Waals surface area contributed by atoms with Crippen molar-refractivity contribution in [2.75, 3.05) is 5.32 Å².